The zero-order valence-electron chi connectivity index (χ0n) is 5.67. The van der Waals surface area contributed by atoms with Crippen LogP contribution in [0.25, 0.3) is 0 Å². The van der Waals surface area contributed by atoms with E-state index in [0.29, 0.717) is 0 Å². The standard InChI is InChI=1S/C7H12N2/c1-3-5-9-6-7(8)4-2/h3,5-6H,1,4,8H2,2H3/b7-6-,9-5?. The lowest BCUT2D eigenvalue weighted by molar-refractivity contribution is 1.06. The first kappa shape index (κ1) is 7.95. The van der Waals surface area contributed by atoms with E-state index in [-0.39, 0.29) is 0 Å². The van der Waals surface area contributed by atoms with E-state index in [0.717, 1.165) is 12.1 Å². The molecule has 0 rings (SSSR count). The van der Waals surface area contributed by atoms with Crippen LogP contribution >= 0.6 is 0 Å². The Kier molecular flexibility index (Phi) is 4.50. The van der Waals surface area contributed by atoms with Gasteiger partial charge in [-0.1, -0.05) is 19.6 Å². The summed E-state index contributed by atoms with van der Waals surface area (Å²) in [6, 6.07) is 0. The number of nitrogens with zero attached hydrogens (tertiary/aromatic N) is 1. The molecule has 0 aromatic rings. The van der Waals surface area contributed by atoms with Crippen molar-refractivity contribution in [2.45, 2.75) is 13.3 Å². The Hall–Kier alpha value is -1.05. The summed E-state index contributed by atoms with van der Waals surface area (Å²) in [6.07, 6.45) is 5.68. The molecule has 0 bridgehead atoms. The van der Waals surface area contributed by atoms with Gasteiger partial charge >= 0.3 is 0 Å². The van der Waals surface area contributed by atoms with Crippen LogP contribution in [0.1, 0.15) is 13.3 Å². The lowest BCUT2D eigenvalue weighted by Gasteiger charge is -1.87. The maximum Gasteiger partial charge on any atom is 0.0455 e. The first-order valence-electron chi connectivity index (χ1n) is 2.90. The van der Waals surface area contributed by atoms with Gasteiger partial charge in [0.1, 0.15) is 0 Å². The first-order valence-corrected chi connectivity index (χ1v) is 2.90. The van der Waals surface area contributed by atoms with Crippen LogP contribution in [0.2, 0.25) is 0 Å². The Labute approximate surface area is 55.8 Å². The molecule has 0 amide bonds. The Morgan fingerprint density at radius 2 is 2.44 bits per heavy atom. The maximum atomic E-state index is 5.43. The predicted molar refractivity (Wildman–Crippen MR) is 41.3 cm³/mol. The van der Waals surface area contributed by atoms with Gasteiger partial charge in [0, 0.05) is 18.1 Å². The van der Waals surface area contributed by atoms with Gasteiger partial charge in [-0.2, -0.15) is 0 Å². The highest BCUT2D eigenvalue weighted by molar-refractivity contribution is 5.70. The molecule has 0 saturated carbocycles. The van der Waals surface area contributed by atoms with Gasteiger partial charge in [-0.25, -0.2) is 0 Å². The van der Waals surface area contributed by atoms with Crippen LogP contribution in [-0.4, -0.2) is 6.21 Å². The third-order valence-electron chi connectivity index (χ3n) is 0.840. The molecule has 0 saturated heterocycles. The molecule has 0 heterocycles. The summed E-state index contributed by atoms with van der Waals surface area (Å²) in [5, 5.41) is 0. The predicted octanol–water partition coefficient (Wildman–Crippen LogP) is 1.45. The summed E-state index contributed by atoms with van der Waals surface area (Å²) in [4.78, 5) is 3.83. The highest BCUT2D eigenvalue weighted by Crippen LogP contribution is 1.88. The van der Waals surface area contributed by atoms with E-state index in [1.165, 1.54) is 0 Å². The van der Waals surface area contributed by atoms with Crippen molar-refractivity contribution >= 4 is 6.21 Å². The highest BCUT2D eigenvalue weighted by Gasteiger charge is 1.77. The summed E-state index contributed by atoms with van der Waals surface area (Å²) in [6.45, 7) is 5.45. The molecule has 50 valence electrons. The van der Waals surface area contributed by atoms with Gasteiger partial charge in [-0.15, -0.1) is 0 Å². The van der Waals surface area contributed by atoms with Crippen LogP contribution in [-0.2, 0) is 0 Å². The van der Waals surface area contributed by atoms with Crippen molar-refractivity contribution in [3.05, 3.63) is 24.6 Å². The smallest absolute Gasteiger partial charge is 0.0455 e. The second-order valence-corrected chi connectivity index (χ2v) is 1.59. The van der Waals surface area contributed by atoms with Gasteiger partial charge in [0.05, 0.1) is 0 Å². The van der Waals surface area contributed by atoms with E-state index in [1.807, 2.05) is 6.92 Å². The van der Waals surface area contributed by atoms with Gasteiger partial charge in [0.25, 0.3) is 0 Å². The van der Waals surface area contributed by atoms with Gasteiger partial charge < -0.3 is 5.73 Å². The lowest BCUT2D eigenvalue weighted by Crippen LogP contribution is -1.92. The molecule has 2 N–H and O–H groups in total. The first-order chi connectivity index (χ1) is 4.31. The molecule has 2 heteroatoms. The highest BCUT2D eigenvalue weighted by atomic mass is 14.7. The summed E-state index contributed by atoms with van der Waals surface area (Å²) in [5.41, 5.74) is 6.21. The number of hydrogen-bond donors (Lipinski definition) is 1. The fourth-order valence-electron chi connectivity index (χ4n) is 0.291. The Bertz CT molecular complexity index is 134. The third kappa shape index (κ3) is 4.81. The van der Waals surface area contributed by atoms with Crippen LogP contribution in [0.15, 0.2) is 29.5 Å². The van der Waals surface area contributed by atoms with E-state index >= 15 is 0 Å². The van der Waals surface area contributed by atoms with E-state index in [9.17, 15) is 0 Å². The molecule has 0 aliphatic heterocycles. The zero-order chi connectivity index (χ0) is 7.11. The molecule has 0 aromatic heterocycles. The number of nitrogens with two attached hydrogens (primary N) is 1. The number of rotatable bonds is 3. The SMILES string of the molecule is C=CC=N/C=C(\N)CC. The molecular formula is C7H12N2. The van der Waals surface area contributed by atoms with Crippen molar-refractivity contribution in [1.29, 1.82) is 0 Å². The molecule has 0 radical (unpaired) electrons. The molecule has 0 atom stereocenters. The van der Waals surface area contributed by atoms with Crippen molar-refractivity contribution in [2.24, 2.45) is 10.7 Å². The summed E-state index contributed by atoms with van der Waals surface area (Å²) in [7, 11) is 0. The van der Waals surface area contributed by atoms with Crippen molar-refractivity contribution < 1.29 is 0 Å². The second-order valence-electron chi connectivity index (χ2n) is 1.59. The molecule has 0 aromatic carbocycles. The summed E-state index contributed by atoms with van der Waals surface area (Å²) >= 11 is 0. The minimum atomic E-state index is 0.785. The molecule has 9 heavy (non-hydrogen) atoms. The second kappa shape index (κ2) is 5.09. The van der Waals surface area contributed by atoms with Crippen LogP contribution in [0.3, 0.4) is 0 Å². The van der Waals surface area contributed by atoms with Gasteiger partial charge in [0.2, 0.25) is 0 Å². The van der Waals surface area contributed by atoms with Gasteiger partial charge in [-0.05, 0) is 6.42 Å². The van der Waals surface area contributed by atoms with Crippen LogP contribution in [0.4, 0.5) is 0 Å². The minimum absolute atomic E-state index is 0.785. The summed E-state index contributed by atoms with van der Waals surface area (Å²) < 4.78 is 0. The lowest BCUT2D eigenvalue weighted by atomic mass is 10.4. The molecule has 2 nitrogen and oxygen atoms in total. The Morgan fingerprint density at radius 1 is 1.78 bits per heavy atom. The van der Waals surface area contributed by atoms with Crippen LogP contribution < -0.4 is 5.73 Å². The average molecular weight is 124 g/mol. The normalized spacial score (nSPS) is 12.3. The van der Waals surface area contributed by atoms with E-state index < -0.39 is 0 Å². The van der Waals surface area contributed by atoms with Crippen molar-refractivity contribution in [3.8, 4) is 0 Å². The molecule has 0 fully saturated rings. The monoisotopic (exact) mass is 124 g/mol. The molecule has 0 aliphatic carbocycles. The molecule has 0 spiro atoms. The molecule has 0 unspecified atom stereocenters. The van der Waals surface area contributed by atoms with E-state index in [1.54, 1.807) is 18.5 Å². The molecule has 0 aliphatic rings. The number of hydrogen-bond acceptors (Lipinski definition) is 2. The molecular weight excluding hydrogens is 112 g/mol. The fraction of sp³-hybridized carbons (Fsp3) is 0.286. The van der Waals surface area contributed by atoms with Gasteiger partial charge in [0.15, 0.2) is 0 Å². The minimum Gasteiger partial charge on any atom is -0.401 e. The van der Waals surface area contributed by atoms with Crippen molar-refractivity contribution in [1.82, 2.24) is 0 Å². The quantitative estimate of drug-likeness (QED) is 0.568. The third-order valence-corrected chi connectivity index (χ3v) is 0.840. The number of allylic oxidation sites excluding steroid dienone is 2. The topological polar surface area (TPSA) is 38.4 Å². The fourth-order valence-corrected chi connectivity index (χ4v) is 0.291. The Balaban J connectivity index is 3.67. The van der Waals surface area contributed by atoms with Crippen molar-refractivity contribution in [2.75, 3.05) is 0 Å². The average Bonchev–Trinajstić information content (AvgIpc) is 1.89. The van der Waals surface area contributed by atoms with Crippen LogP contribution in [0.5, 0.6) is 0 Å². The van der Waals surface area contributed by atoms with E-state index in [4.69, 9.17) is 5.73 Å². The Morgan fingerprint density at radius 3 is 2.89 bits per heavy atom. The maximum absolute atomic E-state index is 5.43. The largest absolute Gasteiger partial charge is 0.401 e. The number of aliphatic imine (C=N–C) groups is 1. The van der Waals surface area contributed by atoms with E-state index in [2.05, 4.69) is 11.6 Å². The zero-order valence-corrected chi connectivity index (χ0v) is 5.67. The van der Waals surface area contributed by atoms with Crippen molar-refractivity contribution in [3.63, 3.8) is 0 Å². The van der Waals surface area contributed by atoms with Gasteiger partial charge in [-0.3, -0.25) is 4.99 Å². The summed E-state index contributed by atoms with van der Waals surface area (Å²) in [5.74, 6) is 0. The van der Waals surface area contributed by atoms with Crippen LogP contribution in [0, 0.1) is 0 Å².